The molecular formula is C19H23NO. The zero-order valence-electron chi connectivity index (χ0n) is 12.8. The Bertz CT molecular complexity index is 587. The lowest BCUT2D eigenvalue weighted by molar-refractivity contribution is 0.414. The summed E-state index contributed by atoms with van der Waals surface area (Å²) in [6.45, 7) is 2.22. The van der Waals surface area contributed by atoms with Crippen molar-refractivity contribution in [3.05, 3.63) is 59.7 Å². The lowest BCUT2D eigenvalue weighted by atomic mass is 10.1. The highest BCUT2D eigenvalue weighted by molar-refractivity contribution is 5.46. The number of anilines is 1. The summed E-state index contributed by atoms with van der Waals surface area (Å²) < 4.78 is 5.28. The average molecular weight is 281 g/mol. The first-order valence-corrected chi connectivity index (χ1v) is 7.74. The molecule has 1 N–H and O–H groups in total. The topological polar surface area (TPSA) is 21.3 Å². The smallest absolute Gasteiger partial charge is 0.119 e. The molecule has 0 heterocycles. The van der Waals surface area contributed by atoms with Gasteiger partial charge < -0.3 is 10.1 Å². The fraction of sp³-hybridized carbons (Fsp3) is 0.368. The molecule has 0 aliphatic heterocycles. The summed E-state index contributed by atoms with van der Waals surface area (Å²) >= 11 is 0. The Kier molecular flexibility index (Phi) is 4.14. The summed E-state index contributed by atoms with van der Waals surface area (Å²) in [4.78, 5) is 0. The zero-order valence-corrected chi connectivity index (χ0v) is 12.8. The molecule has 1 fully saturated rings. The van der Waals surface area contributed by atoms with Gasteiger partial charge in [-0.05, 0) is 67.5 Å². The van der Waals surface area contributed by atoms with Crippen molar-refractivity contribution >= 4 is 5.69 Å². The van der Waals surface area contributed by atoms with Crippen LogP contribution in [0.25, 0.3) is 0 Å². The largest absolute Gasteiger partial charge is 0.497 e. The molecule has 3 rings (SSSR count). The number of methoxy groups -OCH3 is 1. The first-order valence-electron chi connectivity index (χ1n) is 7.74. The molecule has 0 aromatic heterocycles. The van der Waals surface area contributed by atoms with Crippen molar-refractivity contribution in [1.82, 2.24) is 0 Å². The van der Waals surface area contributed by atoms with Gasteiger partial charge in [-0.15, -0.1) is 0 Å². The van der Waals surface area contributed by atoms with E-state index < -0.39 is 0 Å². The highest BCUT2D eigenvalue weighted by atomic mass is 16.5. The minimum absolute atomic E-state index is 0.392. The van der Waals surface area contributed by atoms with E-state index in [1.165, 1.54) is 29.7 Å². The Balaban J connectivity index is 1.58. The first kappa shape index (κ1) is 14.0. The number of ether oxygens (including phenoxy) is 1. The van der Waals surface area contributed by atoms with Crippen molar-refractivity contribution in [2.24, 2.45) is 0 Å². The van der Waals surface area contributed by atoms with E-state index in [-0.39, 0.29) is 0 Å². The van der Waals surface area contributed by atoms with Crippen LogP contribution in [-0.2, 0) is 6.42 Å². The highest BCUT2D eigenvalue weighted by Crippen LogP contribution is 2.40. The number of rotatable bonds is 6. The summed E-state index contributed by atoms with van der Waals surface area (Å²) in [6, 6.07) is 17.6. The number of hydrogen-bond donors (Lipinski definition) is 1. The molecule has 0 bridgehead atoms. The van der Waals surface area contributed by atoms with Crippen molar-refractivity contribution < 1.29 is 4.74 Å². The molecule has 2 aromatic carbocycles. The Hall–Kier alpha value is -1.96. The van der Waals surface area contributed by atoms with Crippen molar-refractivity contribution in [2.45, 2.75) is 38.1 Å². The monoisotopic (exact) mass is 281 g/mol. The molecular weight excluding hydrogens is 258 g/mol. The van der Waals surface area contributed by atoms with E-state index in [1.54, 1.807) is 7.11 Å². The van der Waals surface area contributed by atoms with Gasteiger partial charge in [0, 0.05) is 11.7 Å². The third-order valence-electron chi connectivity index (χ3n) is 4.05. The number of benzene rings is 2. The van der Waals surface area contributed by atoms with E-state index in [2.05, 4.69) is 48.6 Å². The van der Waals surface area contributed by atoms with Gasteiger partial charge in [0.05, 0.1) is 7.11 Å². The summed E-state index contributed by atoms with van der Waals surface area (Å²) in [5.41, 5.74) is 3.99. The zero-order chi connectivity index (χ0) is 14.7. The van der Waals surface area contributed by atoms with Crippen LogP contribution >= 0.6 is 0 Å². The highest BCUT2D eigenvalue weighted by Gasteiger charge is 2.22. The Morgan fingerprint density at radius 3 is 2.57 bits per heavy atom. The number of nitrogens with one attached hydrogen (secondary N) is 1. The van der Waals surface area contributed by atoms with Crippen molar-refractivity contribution in [2.75, 3.05) is 12.4 Å². The first-order chi connectivity index (χ1) is 10.2. The summed E-state index contributed by atoms with van der Waals surface area (Å²) in [6.07, 6.45) is 3.71. The second-order valence-corrected chi connectivity index (χ2v) is 6.00. The Morgan fingerprint density at radius 2 is 1.90 bits per heavy atom. The molecule has 21 heavy (non-hydrogen) atoms. The maximum atomic E-state index is 5.28. The van der Waals surface area contributed by atoms with E-state index in [4.69, 9.17) is 4.74 Å². The average Bonchev–Trinajstić information content (AvgIpc) is 3.33. The van der Waals surface area contributed by atoms with Gasteiger partial charge >= 0.3 is 0 Å². The van der Waals surface area contributed by atoms with E-state index in [0.29, 0.717) is 6.04 Å². The third kappa shape index (κ3) is 3.78. The Labute approximate surface area is 127 Å². The molecule has 0 amide bonds. The van der Waals surface area contributed by atoms with E-state index in [0.717, 1.165) is 18.1 Å². The molecule has 1 saturated carbocycles. The third-order valence-corrected chi connectivity index (χ3v) is 4.05. The number of hydrogen-bond acceptors (Lipinski definition) is 2. The molecule has 2 nitrogen and oxygen atoms in total. The van der Waals surface area contributed by atoms with E-state index in [9.17, 15) is 0 Å². The SMILES string of the molecule is COc1cccc(C[C@@H](C)Nc2ccc(C3CC3)cc2)c1. The fourth-order valence-electron chi connectivity index (χ4n) is 2.76. The lowest BCUT2D eigenvalue weighted by Crippen LogP contribution is -2.18. The minimum atomic E-state index is 0.392. The van der Waals surface area contributed by atoms with Crippen LogP contribution in [0.15, 0.2) is 48.5 Å². The van der Waals surface area contributed by atoms with Gasteiger partial charge in [0.25, 0.3) is 0 Å². The molecule has 1 aliphatic rings. The fourth-order valence-corrected chi connectivity index (χ4v) is 2.76. The second-order valence-electron chi connectivity index (χ2n) is 6.00. The second kappa shape index (κ2) is 6.21. The van der Waals surface area contributed by atoms with Gasteiger partial charge in [0.1, 0.15) is 5.75 Å². The van der Waals surface area contributed by atoms with Crippen molar-refractivity contribution in [3.8, 4) is 5.75 Å². The lowest BCUT2D eigenvalue weighted by Gasteiger charge is -2.16. The van der Waals surface area contributed by atoms with Gasteiger partial charge in [-0.1, -0.05) is 24.3 Å². The van der Waals surface area contributed by atoms with E-state index in [1.807, 2.05) is 12.1 Å². The van der Waals surface area contributed by atoms with Gasteiger partial charge in [0.15, 0.2) is 0 Å². The van der Waals surface area contributed by atoms with E-state index >= 15 is 0 Å². The van der Waals surface area contributed by atoms with Gasteiger partial charge in [-0.3, -0.25) is 0 Å². The maximum absolute atomic E-state index is 5.28. The van der Waals surface area contributed by atoms with Crippen molar-refractivity contribution in [3.63, 3.8) is 0 Å². The van der Waals surface area contributed by atoms with Crippen molar-refractivity contribution in [1.29, 1.82) is 0 Å². The molecule has 1 atom stereocenters. The summed E-state index contributed by atoms with van der Waals surface area (Å²) in [5, 5.41) is 3.57. The normalized spacial score (nSPS) is 15.5. The summed E-state index contributed by atoms with van der Waals surface area (Å²) in [5.74, 6) is 1.75. The van der Waals surface area contributed by atoms with Crippen LogP contribution in [-0.4, -0.2) is 13.2 Å². The molecule has 0 radical (unpaired) electrons. The van der Waals surface area contributed by atoms with Gasteiger partial charge in [0.2, 0.25) is 0 Å². The predicted molar refractivity (Wildman–Crippen MR) is 88.2 cm³/mol. The van der Waals surface area contributed by atoms with Crippen LogP contribution in [0.1, 0.15) is 36.8 Å². The van der Waals surface area contributed by atoms with Gasteiger partial charge in [-0.2, -0.15) is 0 Å². The Morgan fingerprint density at radius 1 is 1.14 bits per heavy atom. The van der Waals surface area contributed by atoms with Crippen LogP contribution in [0.4, 0.5) is 5.69 Å². The minimum Gasteiger partial charge on any atom is -0.497 e. The molecule has 0 saturated heterocycles. The molecule has 0 spiro atoms. The molecule has 0 unspecified atom stereocenters. The summed E-state index contributed by atoms with van der Waals surface area (Å²) in [7, 11) is 1.71. The van der Waals surface area contributed by atoms with Crippen LogP contribution in [0.2, 0.25) is 0 Å². The van der Waals surface area contributed by atoms with Crippen LogP contribution in [0.5, 0.6) is 5.75 Å². The maximum Gasteiger partial charge on any atom is 0.119 e. The molecule has 2 heteroatoms. The molecule has 110 valence electrons. The molecule has 1 aliphatic carbocycles. The van der Waals surface area contributed by atoms with Crippen LogP contribution in [0.3, 0.4) is 0 Å². The predicted octanol–water partition coefficient (Wildman–Crippen LogP) is 4.62. The van der Waals surface area contributed by atoms with Crippen LogP contribution in [0, 0.1) is 0 Å². The quantitative estimate of drug-likeness (QED) is 0.834. The van der Waals surface area contributed by atoms with Gasteiger partial charge in [-0.25, -0.2) is 0 Å². The molecule has 2 aromatic rings. The standard InChI is InChI=1S/C19H23NO/c1-14(12-15-4-3-5-19(13-15)21-2)20-18-10-8-17(9-11-18)16-6-7-16/h3-5,8-11,13-14,16,20H,6-7,12H2,1-2H3/t14-/m1/s1. The van der Waals surface area contributed by atoms with Crippen LogP contribution < -0.4 is 10.1 Å².